The molecular formula is C10H10FNO2. The molecule has 0 saturated carbocycles. The summed E-state index contributed by atoms with van der Waals surface area (Å²) in [5.41, 5.74) is 0.966. The third-order valence-electron chi connectivity index (χ3n) is 2.12. The second-order valence-corrected chi connectivity index (χ2v) is 3.24. The van der Waals surface area contributed by atoms with Gasteiger partial charge in [-0.05, 0) is 17.7 Å². The van der Waals surface area contributed by atoms with Gasteiger partial charge < -0.3 is 10.1 Å². The topological polar surface area (TPSA) is 38.3 Å². The van der Waals surface area contributed by atoms with Gasteiger partial charge in [-0.3, -0.25) is 0 Å². The van der Waals surface area contributed by atoms with E-state index in [1.807, 2.05) is 0 Å². The van der Waals surface area contributed by atoms with E-state index in [-0.39, 0.29) is 18.0 Å². The predicted molar refractivity (Wildman–Crippen MR) is 48.4 cm³/mol. The number of ether oxygens (including phenoxy) is 1. The van der Waals surface area contributed by atoms with E-state index in [9.17, 15) is 9.18 Å². The van der Waals surface area contributed by atoms with E-state index < -0.39 is 0 Å². The van der Waals surface area contributed by atoms with Crippen LogP contribution in [0.1, 0.15) is 5.56 Å². The van der Waals surface area contributed by atoms with Gasteiger partial charge in [-0.1, -0.05) is 12.1 Å². The monoisotopic (exact) mass is 195 g/mol. The number of amides is 1. The molecule has 1 amide bonds. The predicted octanol–water partition coefficient (Wildman–Crippen LogP) is 1.48. The van der Waals surface area contributed by atoms with Gasteiger partial charge in [-0.25, -0.2) is 9.18 Å². The standard InChI is InChI=1S/C10H10FNO2/c11-8-3-1-7(2-4-8)5-9-6-12-10(13)14-9/h1-4,9H,5-6H2,(H,12,13). The van der Waals surface area contributed by atoms with Crippen molar-refractivity contribution in [1.29, 1.82) is 0 Å². The lowest BCUT2D eigenvalue weighted by molar-refractivity contribution is 0.140. The summed E-state index contributed by atoms with van der Waals surface area (Å²) in [7, 11) is 0. The van der Waals surface area contributed by atoms with Crippen LogP contribution >= 0.6 is 0 Å². The normalized spacial score (nSPS) is 20.4. The van der Waals surface area contributed by atoms with E-state index in [1.54, 1.807) is 12.1 Å². The van der Waals surface area contributed by atoms with Gasteiger partial charge in [0.15, 0.2) is 0 Å². The zero-order chi connectivity index (χ0) is 9.97. The number of hydrogen-bond donors (Lipinski definition) is 1. The molecule has 1 N–H and O–H groups in total. The highest BCUT2D eigenvalue weighted by Crippen LogP contribution is 2.10. The Bertz CT molecular complexity index is 336. The lowest BCUT2D eigenvalue weighted by Crippen LogP contribution is -2.16. The van der Waals surface area contributed by atoms with Crippen LogP contribution in [0.3, 0.4) is 0 Å². The summed E-state index contributed by atoms with van der Waals surface area (Å²) in [6, 6.07) is 6.20. The number of halogens is 1. The third-order valence-corrected chi connectivity index (χ3v) is 2.12. The molecule has 14 heavy (non-hydrogen) atoms. The number of hydrogen-bond acceptors (Lipinski definition) is 2. The van der Waals surface area contributed by atoms with Crippen molar-refractivity contribution in [3.8, 4) is 0 Å². The zero-order valence-corrected chi connectivity index (χ0v) is 7.50. The van der Waals surface area contributed by atoms with Crippen molar-refractivity contribution in [3.63, 3.8) is 0 Å². The summed E-state index contributed by atoms with van der Waals surface area (Å²) >= 11 is 0. The van der Waals surface area contributed by atoms with E-state index >= 15 is 0 Å². The Kier molecular flexibility index (Phi) is 2.35. The Labute approximate surface area is 80.9 Å². The second-order valence-electron chi connectivity index (χ2n) is 3.24. The van der Waals surface area contributed by atoms with Gasteiger partial charge in [0.25, 0.3) is 0 Å². The molecular weight excluding hydrogens is 185 g/mol. The van der Waals surface area contributed by atoms with Crippen molar-refractivity contribution in [3.05, 3.63) is 35.6 Å². The SMILES string of the molecule is O=C1NCC(Cc2ccc(F)cc2)O1. The molecule has 2 rings (SSSR count). The number of alkyl carbamates (subject to hydrolysis) is 1. The molecule has 0 bridgehead atoms. The average molecular weight is 195 g/mol. The third kappa shape index (κ3) is 2.02. The fourth-order valence-corrected chi connectivity index (χ4v) is 1.43. The van der Waals surface area contributed by atoms with Crippen LogP contribution in [-0.4, -0.2) is 18.7 Å². The van der Waals surface area contributed by atoms with Crippen molar-refractivity contribution in [2.75, 3.05) is 6.54 Å². The fraction of sp³-hybridized carbons (Fsp3) is 0.300. The van der Waals surface area contributed by atoms with Crippen LogP contribution in [0.2, 0.25) is 0 Å². The number of rotatable bonds is 2. The number of nitrogens with one attached hydrogen (secondary N) is 1. The van der Waals surface area contributed by atoms with Crippen molar-refractivity contribution in [2.24, 2.45) is 0 Å². The zero-order valence-electron chi connectivity index (χ0n) is 7.50. The van der Waals surface area contributed by atoms with E-state index in [0.717, 1.165) is 5.56 Å². The maximum absolute atomic E-state index is 12.6. The van der Waals surface area contributed by atoms with Crippen LogP contribution in [-0.2, 0) is 11.2 Å². The number of cyclic esters (lactones) is 1. The molecule has 1 fully saturated rings. The van der Waals surface area contributed by atoms with Crippen molar-refractivity contribution >= 4 is 6.09 Å². The van der Waals surface area contributed by atoms with Crippen LogP contribution in [0.5, 0.6) is 0 Å². The highest BCUT2D eigenvalue weighted by molar-refractivity contribution is 5.69. The first-order valence-electron chi connectivity index (χ1n) is 4.43. The molecule has 1 aromatic rings. The van der Waals surface area contributed by atoms with E-state index in [4.69, 9.17) is 4.74 Å². The van der Waals surface area contributed by atoms with Gasteiger partial charge in [0.1, 0.15) is 11.9 Å². The number of carbonyl (C=O) groups is 1. The van der Waals surface area contributed by atoms with Crippen LogP contribution in [0.4, 0.5) is 9.18 Å². The minimum absolute atomic E-state index is 0.132. The summed E-state index contributed by atoms with van der Waals surface area (Å²) in [6.45, 7) is 0.524. The summed E-state index contributed by atoms with van der Waals surface area (Å²) < 4.78 is 17.5. The minimum atomic E-state index is -0.378. The molecule has 3 nitrogen and oxygen atoms in total. The Morgan fingerprint density at radius 1 is 1.43 bits per heavy atom. The summed E-state index contributed by atoms with van der Waals surface area (Å²) in [5.74, 6) is -0.254. The van der Waals surface area contributed by atoms with Gasteiger partial charge in [-0.2, -0.15) is 0 Å². The van der Waals surface area contributed by atoms with Crippen LogP contribution in [0.25, 0.3) is 0 Å². The van der Waals surface area contributed by atoms with Gasteiger partial charge >= 0.3 is 6.09 Å². The summed E-state index contributed by atoms with van der Waals surface area (Å²) in [6.07, 6.45) is 0.115. The summed E-state index contributed by atoms with van der Waals surface area (Å²) in [5, 5.41) is 2.57. The van der Waals surface area contributed by atoms with Crippen molar-refractivity contribution in [2.45, 2.75) is 12.5 Å². The molecule has 1 unspecified atom stereocenters. The molecule has 1 heterocycles. The maximum atomic E-state index is 12.6. The lowest BCUT2D eigenvalue weighted by atomic mass is 10.1. The van der Waals surface area contributed by atoms with Crippen molar-refractivity contribution in [1.82, 2.24) is 5.32 Å². The first kappa shape index (κ1) is 8.99. The first-order valence-corrected chi connectivity index (χ1v) is 4.43. The lowest BCUT2D eigenvalue weighted by Gasteiger charge is -2.06. The quantitative estimate of drug-likeness (QED) is 0.776. The molecule has 1 saturated heterocycles. The van der Waals surface area contributed by atoms with E-state index in [1.165, 1.54) is 12.1 Å². The van der Waals surface area contributed by atoms with Gasteiger partial charge in [0.05, 0.1) is 6.54 Å². The molecule has 0 aliphatic carbocycles. The molecule has 1 atom stereocenters. The Morgan fingerprint density at radius 2 is 2.14 bits per heavy atom. The highest BCUT2D eigenvalue weighted by Gasteiger charge is 2.22. The van der Waals surface area contributed by atoms with E-state index in [2.05, 4.69) is 5.32 Å². The molecule has 1 aromatic carbocycles. The minimum Gasteiger partial charge on any atom is -0.444 e. The Morgan fingerprint density at radius 3 is 2.71 bits per heavy atom. The second kappa shape index (κ2) is 3.65. The highest BCUT2D eigenvalue weighted by atomic mass is 19.1. The average Bonchev–Trinajstić information content (AvgIpc) is 2.56. The van der Waals surface area contributed by atoms with Gasteiger partial charge in [0.2, 0.25) is 0 Å². The smallest absolute Gasteiger partial charge is 0.407 e. The molecule has 1 aliphatic heterocycles. The number of carbonyl (C=O) groups excluding carboxylic acids is 1. The Balaban J connectivity index is 1.97. The molecule has 0 radical (unpaired) electrons. The molecule has 74 valence electrons. The van der Waals surface area contributed by atoms with Crippen LogP contribution in [0.15, 0.2) is 24.3 Å². The molecule has 0 aromatic heterocycles. The van der Waals surface area contributed by atoms with E-state index in [0.29, 0.717) is 13.0 Å². The van der Waals surface area contributed by atoms with Crippen LogP contribution < -0.4 is 5.32 Å². The Hall–Kier alpha value is -1.58. The first-order chi connectivity index (χ1) is 6.74. The summed E-state index contributed by atoms with van der Waals surface area (Å²) in [4.78, 5) is 10.7. The fourth-order valence-electron chi connectivity index (χ4n) is 1.43. The molecule has 4 heteroatoms. The largest absolute Gasteiger partial charge is 0.444 e. The molecule has 0 spiro atoms. The van der Waals surface area contributed by atoms with Gasteiger partial charge in [-0.15, -0.1) is 0 Å². The number of benzene rings is 1. The maximum Gasteiger partial charge on any atom is 0.407 e. The van der Waals surface area contributed by atoms with Gasteiger partial charge in [0, 0.05) is 6.42 Å². The molecule has 1 aliphatic rings. The van der Waals surface area contributed by atoms with Crippen molar-refractivity contribution < 1.29 is 13.9 Å². The van der Waals surface area contributed by atoms with Crippen LogP contribution in [0, 0.1) is 5.82 Å².